The third kappa shape index (κ3) is 1.70. The number of anilines is 1. The smallest absolute Gasteiger partial charge is 0.205 e. The Kier molecular flexibility index (Phi) is 2.57. The van der Waals surface area contributed by atoms with Crippen molar-refractivity contribution in [3.8, 4) is 0 Å². The van der Waals surface area contributed by atoms with Crippen LogP contribution in [0.2, 0.25) is 0 Å². The zero-order valence-corrected chi connectivity index (χ0v) is 9.76. The molecule has 5 nitrogen and oxygen atoms in total. The number of imidazole rings is 1. The van der Waals surface area contributed by atoms with Crippen molar-refractivity contribution in [1.82, 2.24) is 19.8 Å². The number of hydrogen-bond acceptors (Lipinski definition) is 4. The molecule has 5 heteroatoms. The van der Waals surface area contributed by atoms with Gasteiger partial charge in [0.05, 0.1) is 0 Å². The van der Waals surface area contributed by atoms with Crippen LogP contribution in [0, 0.1) is 0 Å². The molecule has 0 aromatic carbocycles. The lowest BCUT2D eigenvalue weighted by Crippen LogP contribution is -2.63. The van der Waals surface area contributed by atoms with E-state index in [2.05, 4.69) is 31.7 Å². The number of nitrogens with one attached hydrogen (secondary N) is 1. The van der Waals surface area contributed by atoms with Gasteiger partial charge in [-0.05, 0) is 0 Å². The molecule has 88 valence electrons. The van der Waals surface area contributed by atoms with Crippen molar-refractivity contribution in [2.24, 2.45) is 7.05 Å². The fraction of sp³-hybridized carbons (Fsp3) is 0.727. The Morgan fingerprint density at radius 3 is 2.69 bits per heavy atom. The Bertz CT molecular complexity index is 349. The van der Waals surface area contributed by atoms with E-state index in [-0.39, 0.29) is 0 Å². The highest BCUT2D eigenvalue weighted by atomic mass is 15.4. The monoisotopic (exact) mass is 221 g/mol. The van der Waals surface area contributed by atoms with Crippen molar-refractivity contribution in [2.45, 2.75) is 6.04 Å². The van der Waals surface area contributed by atoms with Crippen LogP contribution in [0.4, 0.5) is 5.95 Å². The maximum atomic E-state index is 4.38. The van der Waals surface area contributed by atoms with Gasteiger partial charge in [-0.25, -0.2) is 4.98 Å². The molecule has 3 heterocycles. The Hall–Kier alpha value is -1.07. The van der Waals surface area contributed by atoms with E-state index in [1.165, 1.54) is 13.1 Å². The minimum Gasteiger partial charge on any atom is -0.339 e. The van der Waals surface area contributed by atoms with Gasteiger partial charge >= 0.3 is 0 Å². The molecule has 16 heavy (non-hydrogen) atoms. The maximum absolute atomic E-state index is 4.38. The molecule has 1 aromatic rings. The molecule has 0 atom stereocenters. The molecule has 0 aliphatic carbocycles. The first-order chi connectivity index (χ1) is 7.84. The van der Waals surface area contributed by atoms with E-state index in [9.17, 15) is 0 Å². The van der Waals surface area contributed by atoms with Crippen LogP contribution in [0.25, 0.3) is 0 Å². The van der Waals surface area contributed by atoms with Crippen molar-refractivity contribution in [3.05, 3.63) is 12.4 Å². The molecule has 0 saturated carbocycles. The first kappa shape index (κ1) is 10.1. The van der Waals surface area contributed by atoms with E-state index in [1.54, 1.807) is 0 Å². The van der Waals surface area contributed by atoms with Gasteiger partial charge in [0.25, 0.3) is 0 Å². The van der Waals surface area contributed by atoms with Crippen molar-refractivity contribution in [1.29, 1.82) is 0 Å². The molecule has 2 fully saturated rings. The zero-order chi connectivity index (χ0) is 11.0. The second-order valence-corrected chi connectivity index (χ2v) is 4.68. The number of piperazine rings is 1. The number of rotatable bonds is 2. The molecular weight excluding hydrogens is 202 g/mol. The normalized spacial score (nSPS) is 23.4. The van der Waals surface area contributed by atoms with E-state index >= 15 is 0 Å². The largest absolute Gasteiger partial charge is 0.339 e. The topological polar surface area (TPSA) is 36.3 Å². The molecule has 2 saturated heterocycles. The number of aryl methyl sites for hydroxylation is 1. The molecule has 0 bridgehead atoms. The van der Waals surface area contributed by atoms with E-state index in [0.717, 1.165) is 38.2 Å². The standard InChI is InChI=1S/C11H19N5/c1-14-5-4-13-11(14)16-8-10(9-16)15-6-2-12-3-7-15/h4-5,10,12H,2-3,6-9H2,1H3. The fourth-order valence-corrected chi connectivity index (χ4v) is 2.56. The van der Waals surface area contributed by atoms with Gasteiger partial charge in [0.1, 0.15) is 0 Å². The lowest BCUT2D eigenvalue weighted by molar-refractivity contribution is 0.146. The quantitative estimate of drug-likeness (QED) is 0.731. The van der Waals surface area contributed by atoms with Crippen LogP contribution in [-0.4, -0.2) is 59.8 Å². The number of hydrogen-bond donors (Lipinski definition) is 1. The average molecular weight is 221 g/mol. The number of nitrogens with zero attached hydrogens (tertiary/aromatic N) is 4. The molecule has 0 unspecified atom stereocenters. The van der Waals surface area contributed by atoms with Crippen LogP contribution in [-0.2, 0) is 7.05 Å². The Morgan fingerprint density at radius 1 is 1.31 bits per heavy atom. The van der Waals surface area contributed by atoms with Crippen LogP contribution in [0.1, 0.15) is 0 Å². The summed E-state index contributed by atoms with van der Waals surface area (Å²) in [5.74, 6) is 1.10. The minimum atomic E-state index is 0.735. The molecule has 0 amide bonds. The van der Waals surface area contributed by atoms with Crippen LogP contribution < -0.4 is 10.2 Å². The summed E-state index contributed by atoms with van der Waals surface area (Å²) in [6.45, 7) is 6.92. The number of aromatic nitrogens is 2. The summed E-state index contributed by atoms with van der Waals surface area (Å²) in [7, 11) is 2.06. The Balaban J connectivity index is 1.56. The predicted molar refractivity (Wildman–Crippen MR) is 63.7 cm³/mol. The highest BCUT2D eigenvalue weighted by Gasteiger charge is 2.33. The fourth-order valence-electron chi connectivity index (χ4n) is 2.56. The van der Waals surface area contributed by atoms with Gasteiger partial charge in [0.15, 0.2) is 0 Å². The molecule has 0 radical (unpaired) electrons. The van der Waals surface area contributed by atoms with Gasteiger partial charge in [0, 0.05) is 64.8 Å². The Labute approximate surface area is 96.0 Å². The van der Waals surface area contributed by atoms with Crippen molar-refractivity contribution >= 4 is 5.95 Å². The summed E-state index contributed by atoms with van der Waals surface area (Å²) in [5.41, 5.74) is 0. The highest BCUT2D eigenvalue weighted by Crippen LogP contribution is 2.21. The summed E-state index contributed by atoms with van der Waals surface area (Å²) in [5, 5.41) is 3.39. The van der Waals surface area contributed by atoms with Gasteiger partial charge in [-0.3, -0.25) is 4.90 Å². The molecule has 2 aliphatic heterocycles. The third-order valence-corrected chi connectivity index (χ3v) is 3.61. The summed E-state index contributed by atoms with van der Waals surface area (Å²) in [4.78, 5) is 9.32. The van der Waals surface area contributed by atoms with Gasteiger partial charge in [0.2, 0.25) is 5.95 Å². The molecule has 1 N–H and O–H groups in total. The van der Waals surface area contributed by atoms with Crippen LogP contribution >= 0.6 is 0 Å². The molecular formula is C11H19N5. The average Bonchev–Trinajstić information content (AvgIpc) is 2.65. The van der Waals surface area contributed by atoms with Crippen LogP contribution in [0.15, 0.2) is 12.4 Å². The van der Waals surface area contributed by atoms with Crippen molar-refractivity contribution in [3.63, 3.8) is 0 Å². The summed E-state index contributed by atoms with van der Waals surface area (Å²) < 4.78 is 2.09. The molecule has 0 spiro atoms. The van der Waals surface area contributed by atoms with Crippen LogP contribution in [0.5, 0.6) is 0 Å². The van der Waals surface area contributed by atoms with Gasteiger partial charge < -0.3 is 14.8 Å². The minimum absolute atomic E-state index is 0.735. The second-order valence-electron chi connectivity index (χ2n) is 4.68. The van der Waals surface area contributed by atoms with Gasteiger partial charge in [-0.15, -0.1) is 0 Å². The predicted octanol–water partition coefficient (Wildman–Crippen LogP) is -0.486. The molecule has 1 aromatic heterocycles. The van der Waals surface area contributed by atoms with E-state index in [1.807, 2.05) is 12.4 Å². The van der Waals surface area contributed by atoms with E-state index in [0.29, 0.717) is 0 Å². The molecule has 3 rings (SSSR count). The molecule has 2 aliphatic rings. The van der Waals surface area contributed by atoms with Crippen molar-refractivity contribution < 1.29 is 0 Å². The second kappa shape index (κ2) is 4.07. The third-order valence-electron chi connectivity index (χ3n) is 3.61. The summed E-state index contributed by atoms with van der Waals surface area (Å²) in [6.07, 6.45) is 3.88. The first-order valence-electron chi connectivity index (χ1n) is 6.01. The lowest BCUT2D eigenvalue weighted by Gasteiger charge is -2.47. The maximum Gasteiger partial charge on any atom is 0.205 e. The summed E-state index contributed by atoms with van der Waals surface area (Å²) >= 11 is 0. The zero-order valence-electron chi connectivity index (χ0n) is 9.76. The first-order valence-corrected chi connectivity index (χ1v) is 6.01. The van der Waals surface area contributed by atoms with Crippen molar-refractivity contribution in [2.75, 3.05) is 44.2 Å². The lowest BCUT2D eigenvalue weighted by atomic mass is 10.1. The Morgan fingerprint density at radius 2 is 2.06 bits per heavy atom. The van der Waals surface area contributed by atoms with Gasteiger partial charge in [-0.2, -0.15) is 0 Å². The van der Waals surface area contributed by atoms with E-state index < -0.39 is 0 Å². The SMILES string of the molecule is Cn1ccnc1N1CC(N2CCNCC2)C1. The van der Waals surface area contributed by atoms with Crippen LogP contribution in [0.3, 0.4) is 0 Å². The van der Waals surface area contributed by atoms with Gasteiger partial charge in [-0.1, -0.05) is 0 Å². The summed E-state index contributed by atoms with van der Waals surface area (Å²) in [6, 6.07) is 0.735. The van der Waals surface area contributed by atoms with E-state index in [4.69, 9.17) is 0 Å². The highest BCUT2D eigenvalue weighted by molar-refractivity contribution is 5.36.